The summed E-state index contributed by atoms with van der Waals surface area (Å²) in [5.74, 6) is 1.40. The van der Waals surface area contributed by atoms with E-state index in [1.165, 1.54) is 24.8 Å². The maximum atomic E-state index is 11.4. The minimum atomic E-state index is -2.31. The predicted octanol–water partition coefficient (Wildman–Crippen LogP) is 9.93. The Morgan fingerprint density at radius 3 is 2.36 bits per heavy atom. The third kappa shape index (κ3) is 6.81. The van der Waals surface area contributed by atoms with Gasteiger partial charge in [-0.1, -0.05) is 71.0 Å². The highest BCUT2D eigenvalue weighted by atomic mass is 28.4. The molecular formula is C33H59NO3Si2. The van der Waals surface area contributed by atoms with Crippen LogP contribution in [0.1, 0.15) is 99.8 Å². The van der Waals surface area contributed by atoms with E-state index >= 15 is 0 Å². The molecule has 0 heterocycles. The smallest absolute Gasteiger partial charge is 0.192 e. The Bertz CT molecular complexity index is 984. The summed E-state index contributed by atoms with van der Waals surface area (Å²) < 4.78 is 7.03. The fraction of sp³-hybridized carbons (Fsp3) is 0.818. The predicted molar refractivity (Wildman–Crippen MR) is 172 cm³/mol. The molecule has 0 radical (unpaired) electrons. The van der Waals surface area contributed by atoms with Crippen LogP contribution >= 0.6 is 0 Å². The van der Waals surface area contributed by atoms with Crippen molar-refractivity contribution >= 4 is 16.6 Å². The van der Waals surface area contributed by atoms with Gasteiger partial charge in [0.05, 0.1) is 12.1 Å². The summed E-state index contributed by atoms with van der Waals surface area (Å²) in [6.45, 7) is 29.3. The molecule has 3 rings (SSSR count). The largest absolute Gasteiger partial charge is 0.432 e. The summed E-state index contributed by atoms with van der Waals surface area (Å²) in [5.41, 5.74) is 4.23. The van der Waals surface area contributed by atoms with Crippen molar-refractivity contribution in [3.8, 4) is 0 Å². The van der Waals surface area contributed by atoms with Crippen molar-refractivity contribution in [1.29, 1.82) is 0 Å². The van der Waals surface area contributed by atoms with Gasteiger partial charge in [-0.3, -0.25) is 0 Å². The molecule has 0 aromatic rings. The number of nitrogens with zero attached hydrogens (tertiary/aromatic N) is 1. The zero-order valence-electron chi connectivity index (χ0n) is 27.1. The van der Waals surface area contributed by atoms with Crippen LogP contribution in [0.15, 0.2) is 40.6 Å². The molecule has 3 saturated carbocycles. The van der Waals surface area contributed by atoms with E-state index in [-0.39, 0.29) is 27.6 Å². The molecule has 39 heavy (non-hydrogen) atoms. The molecule has 222 valence electrons. The SMILES string of the molecule is C=C1/C(=C/C=C2\CCC[C@@]3(C)C2CC[C@@H]3[C@@H](C)N=O)C[C@@H](CC(C)(C)[Si](C)(C)O)C[C@@H]1O[Si](C)(C)C(C)(C)C. The van der Waals surface area contributed by atoms with E-state index in [0.29, 0.717) is 17.8 Å². The number of rotatable bonds is 8. The highest BCUT2D eigenvalue weighted by Crippen LogP contribution is 2.59. The maximum Gasteiger partial charge on any atom is 0.192 e. The van der Waals surface area contributed by atoms with Crippen LogP contribution < -0.4 is 0 Å². The molecule has 6 heteroatoms. The lowest BCUT2D eigenvalue weighted by atomic mass is 9.62. The number of hydrogen-bond acceptors (Lipinski definition) is 4. The van der Waals surface area contributed by atoms with E-state index < -0.39 is 16.6 Å². The first-order valence-electron chi connectivity index (χ1n) is 15.5. The molecule has 3 aliphatic rings. The van der Waals surface area contributed by atoms with Gasteiger partial charge in [0.2, 0.25) is 0 Å². The molecule has 0 aliphatic heterocycles. The summed E-state index contributed by atoms with van der Waals surface area (Å²) >= 11 is 0. The van der Waals surface area contributed by atoms with Gasteiger partial charge in [0.1, 0.15) is 0 Å². The number of hydrogen-bond donors (Lipinski definition) is 1. The fourth-order valence-electron chi connectivity index (χ4n) is 7.48. The van der Waals surface area contributed by atoms with Gasteiger partial charge in [0.25, 0.3) is 0 Å². The van der Waals surface area contributed by atoms with E-state index in [0.717, 1.165) is 37.7 Å². The third-order valence-electron chi connectivity index (χ3n) is 11.8. The number of allylic oxidation sites excluding steroid dienone is 3. The van der Waals surface area contributed by atoms with Crippen molar-refractivity contribution in [3.63, 3.8) is 0 Å². The van der Waals surface area contributed by atoms with Crippen molar-refractivity contribution in [2.45, 2.75) is 148 Å². The van der Waals surface area contributed by atoms with E-state index in [1.807, 2.05) is 6.92 Å². The minimum absolute atomic E-state index is 0.0422. The Kier molecular flexibility index (Phi) is 9.60. The molecule has 0 spiro atoms. The van der Waals surface area contributed by atoms with E-state index in [9.17, 15) is 9.70 Å². The van der Waals surface area contributed by atoms with Crippen LogP contribution in [0.2, 0.25) is 36.3 Å². The summed E-state index contributed by atoms with van der Waals surface area (Å²) in [4.78, 5) is 22.5. The molecule has 6 atom stereocenters. The molecular weight excluding hydrogens is 515 g/mol. The molecule has 1 N–H and O–H groups in total. The van der Waals surface area contributed by atoms with Crippen molar-refractivity contribution in [2.24, 2.45) is 28.3 Å². The zero-order valence-corrected chi connectivity index (χ0v) is 29.1. The molecule has 0 aromatic carbocycles. The Morgan fingerprint density at radius 1 is 1.15 bits per heavy atom. The van der Waals surface area contributed by atoms with Crippen LogP contribution in [0, 0.1) is 28.1 Å². The molecule has 3 aliphatic carbocycles. The first-order valence-corrected chi connectivity index (χ1v) is 21.4. The second-order valence-electron chi connectivity index (χ2n) is 16.2. The van der Waals surface area contributed by atoms with Gasteiger partial charge in [0, 0.05) is 0 Å². The second kappa shape index (κ2) is 11.5. The number of nitroso groups, excluding NO2 is 1. The minimum Gasteiger partial charge on any atom is -0.432 e. The molecule has 0 saturated heterocycles. The van der Waals surface area contributed by atoms with Gasteiger partial charge in [-0.25, -0.2) is 0 Å². The van der Waals surface area contributed by atoms with Crippen LogP contribution in [-0.2, 0) is 4.43 Å². The number of fused-ring (bicyclic) bond motifs is 1. The Morgan fingerprint density at radius 2 is 1.79 bits per heavy atom. The van der Waals surface area contributed by atoms with Gasteiger partial charge < -0.3 is 9.22 Å². The average Bonchev–Trinajstić information content (AvgIpc) is 3.15. The zero-order chi connectivity index (χ0) is 29.6. The van der Waals surface area contributed by atoms with Crippen LogP contribution in [0.3, 0.4) is 0 Å². The molecule has 4 nitrogen and oxygen atoms in total. The quantitative estimate of drug-likeness (QED) is 0.232. The summed E-state index contributed by atoms with van der Waals surface area (Å²) in [6, 6.07) is -0.104. The van der Waals surface area contributed by atoms with E-state index in [1.54, 1.807) is 5.57 Å². The van der Waals surface area contributed by atoms with E-state index in [2.05, 4.69) is 91.6 Å². The second-order valence-corrected chi connectivity index (χ2v) is 25.4. The summed E-state index contributed by atoms with van der Waals surface area (Å²) in [6.07, 6.45) is 13.7. The molecule has 0 bridgehead atoms. The first-order chi connectivity index (χ1) is 17.7. The Labute approximate surface area is 242 Å². The molecule has 3 fully saturated rings. The van der Waals surface area contributed by atoms with Crippen LogP contribution in [-0.4, -0.2) is 33.6 Å². The van der Waals surface area contributed by atoms with Gasteiger partial charge >= 0.3 is 0 Å². The van der Waals surface area contributed by atoms with Gasteiger partial charge in [-0.15, -0.1) is 0 Å². The highest BCUT2D eigenvalue weighted by Gasteiger charge is 2.51. The van der Waals surface area contributed by atoms with Crippen molar-refractivity contribution < 1.29 is 9.22 Å². The van der Waals surface area contributed by atoms with Crippen LogP contribution in [0.5, 0.6) is 0 Å². The third-order valence-corrected chi connectivity index (χ3v) is 19.8. The lowest BCUT2D eigenvalue weighted by molar-refractivity contribution is 0.121. The van der Waals surface area contributed by atoms with Gasteiger partial charge in [-0.05, 0) is 129 Å². The molecule has 1 unspecified atom stereocenters. The Balaban J connectivity index is 1.93. The lowest BCUT2D eigenvalue weighted by Gasteiger charge is -2.45. The van der Waals surface area contributed by atoms with Crippen molar-refractivity contribution in [2.75, 3.05) is 0 Å². The molecule has 0 aromatic heterocycles. The summed E-state index contributed by atoms with van der Waals surface area (Å²) in [5, 5.41) is 3.53. The average molecular weight is 574 g/mol. The Hall–Kier alpha value is -0.826. The van der Waals surface area contributed by atoms with Crippen LogP contribution in [0.25, 0.3) is 0 Å². The maximum absolute atomic E-state index is 11.4. The van der Waals surface area contributed by atoms with Crippen molar-refractivity contribution in [3.05, 3.63) is 40.4 Å². The lowest BCUT2D eigenvalue weighted by Crippen LogP contribution is -2.46. The standard InChI is InChI=1S/C33H59NO3Si2/c1-23-27(16-15-26-14-13-19-33(8)28(24(2)34-35)17-18-29(26)33)20-25(22-32(6,7)38(9,10)36)21-30(23)37-39(11,12)31(3,4)5/h15-16,24-25,28-30,36H,1,13-14,17-22H2,2-12H3/b26-15+,27-16+/t24-,25-,28-,29?,30+,33-/m1/s1. The summed E-state index contributed by atoms with van der Waals surface area (Å²) in [7, 11) is -4.28. The molecule has 0 amide bonds. The monoisotopic (exact) mass is 573 g/mol. The normalized spacial score (nSPS) is 33.9. The van der Waals surface area contributed by atoms with Gasteiger partial charge in [-0.2, -0.15) is 4.91 Å². The fourth-order valence-corrected chi connectivity index (χ4v) is 9.58. The van der Waals surface area contributed by atoms with Gasteiger partial charge in [0.15, 0.2) is 16.6 Å². The van der Waals surface area contributed by atoms with Crippen molar-refractivity contribution in [1.82, 2.24) is 0 Å². The first kappa shape index (κ1) is 32.7. The van der Waals surface area contributed by atoms with Crippen LogP contribution in [0.4, 0.5) is 0 Å². The highest BCUT2D eigenvalue weighted by molar-refractivity contribution is 6.74. The van der Waals surface area contributed by atoms with E-state index in [4.69, 9.17) is 4.43 Å². The topological polar surface area (TPSA) is 58.9 Å².